The van der Waals surface area contributed by atoms with Gasteiger partial charge in [0, 0.05) is 13.1 Å². The van der Waals surface area contributed by atoms with Crippen LogP contribution in [0.3, 0.4) is 0 Å². The topological polar surface area (TPSA) is 61.5 Å². The largest absolute Gasteiger partial charge is 0.395 e. The van der Waals surface area contributed by atoms with Crippen molar-refractivity contribution < 1.29 is 10.2 Å². The molecule has 0 amide bonds. The molecule has 0 unspecified atom stereocenters. The average molecular weight is 277 g/mol. The summed E-state index contributed by atoms with van der Waals surface area (Å²) in [4.78, 5) is 6.83. The number of aliphatic hydroxyl groups excluding tert-OH is 2. The number of aliphatic hydroxyl groups is 2. The van der Waals surface area contributed by atoms with Gasteiger partial charge in [-0.15, -0.1) is 0 Å². The number of imidazole rings is 1. The molecule has 2 aromatic rings. The van der Waals surface area contributed by atoms with Gasteiger partial charge in [-0.2, -0.15) is 0 Å². The molecule has 0 aliphatic carbocycles. The van der Waals surface area contributed by atoms with Gasteiger partial charge < -0.3 is 14.8 Å². The van der Waals surface area contributed by atoms with E-state index in [0.717, 1.165) is 23.4 Å². The number of aryl methyl sites for hydroxylation is 1. The highest BCUT2D eigenvalue weighted by molar-refractivity contribution is 5.76. The zero-order valence-electron chi connectivity index (χ0n) is 12.2. The predicted octanol–water partition coefficient (Wildman–Crippen LogP) is 1.15. The third-order valence-corrected chi connectivity index (χ3v) is 3.53. The van der Waals surface area contributed by atoms with E-state index in [4.69, 9.17) is 10.1 Å². The Morgan fingerprint density at radius 3 is 2.70 bits per heavy atom. The maximum atomic E-state index is 9.27. The van der Waals surface area contributed by atoms with Crippen molar-refractivity contribution in [1.29, 1.82) is 0 Å². The summed E-state index contributed by atoms with van der Waals surface area (Å²) >= 11 is 0. The second-order valence-electron chi connectivity index (χ2n) is 4.99. The van der Waals surface area contributed by atoms with E-state index in [9.17, 15) is 5.11 Å². The fourth-order valence-corrected chi connectivity index (χ4v) is 2.45. The van der Waals surface area contributed by atoms with Gasteiger partial charge in [0.1, 0.15) is 5.82 Å². The quantitative estimate of drug-likeness (QED) is 0.797. The molecule has 0 atom stereocenters. The molecule has 0 radical (unpaired) electrons. The Bertz CT molecular complexity index is 565. The van der Waals surface area contributed by atoms with E-state index >= 15 is 0 Å². The Morgan fingerprint density at radius 2 is 2.05 bits per heavy atom. The van der Waals surface area contributed by atoms with Crippen molar-refractivity contribution >= 4 is 11.0 Å². The normalized spacial score (nSPS) is 11.7. The molecule has 0 saturated carbocycles. The van der Waals surface area contributed by atoms with Gasteiger partial charge in [-0.25, -0.2) is 4.98 Å². The van der Waals surface area contributed by atoms with Gasteiger partial charge in [-0.3, -0.25) is 4.90 Å². The van der Waals surface area contributed by atoms with Gasteiger partial charge in [-0.1, -0.05) is 13.0 Å². The Kier molecular flexibility index (Phi) is 5.11. The van der Waals surface area contributed by atoms with E-state index in [2.05, 4.69) is 34.6 Å². The van der Waals surface area contributed by atoms with Crippen LogP contribution in [0.15, 0.2) is 18.2 Å². The van der Waals surface area contributed by atoms with E-state index < -0.39 is 0 Å². The first-order valence-electron chi connectivity index (χ1n) is 7.09. The summed E-state index contributed by atoms with van der Waals surface area (Å²) in [6.45, 7) is 7.09. The Balaban J connectivity index is 2.37. The molecule has 1 aromatic heterocycles. The molecular weight excluding hydrogens is 254 g/mol. The summed E-state index contributed by atoms with van der Waals surface area (Å²) in [5.74, 6) is 0.940. The van der Waals surface area contributed by atoms with Gasteiger partial charge in [-0.05, 0) is 31.2 Å². The number of nitrogens with zero attached hydrogens (tertiary/aromatic N) is 3. The molecule has 1 heterocycles. The summed E-state index contributed by atoms with van der Waals surface area (Å²) in [6.07, 6.45) is 0. The second kappa shape index (κ2) is 6.83. The SMILES string of the molecule is CCN(CCO)Cc1nc2cc(C)ccc2n1CCO. The standard InChI is InChI=1S/C15H23N3O2/c1-3-17(6-8-19)11-15-16-13-10-12(2)4-5-14(13)18(15)7-9-20/h4-5,10,19-20H,3,6-9,11H2,1-2H3. The fourth-order valence-electron chi connectivity index (χ4n) is 2.45. The second-order valence-corrected chi connectivity index (χ2v) is 4.99. The lowest BCUT2D eigenvalue weighted by atomic mass is 10.2. The highest BCUT2D eigenvalue weighted by atomic mass is 16.3. The summed E-state index contributed by atoms with van der Waals surface area (Å²) < 4.78 is 2.06. The first kappa shape index (κ1) is 15.0. The van der Waals surface area contributed by atoms with Crippen molar-refractivity contribution in [2.24, 2.45) is 0 Å². The van der Waals surface area contributed by atoms with E-state index in [1.807, 2.05) is 6.92 Å². The zero-order chi connectivity index (χ0) is 14.5. The molecule has 0 aliphatic heterocycles. The van der Waals surface area contributed by atoms with E-state index in [1.165, 1.54) is 5.56 Å². The van der Waals surface area contributed by atoms with Gasteiger partial charge in [0.25, 0.3) is 0 Å². The highest BCUT2D eigenvalue weighted by Gasteiger charge is 2.13. The van der Waals surface area contributed by atoms with Crippen LogP contribution in [-0.2, 0) is 13.1 Å². The maximum absolute atomic E-state index is 9.27. The van der Waals surface area contributed by atoms with Crippen molar-refractivity contribution in [1.82, 2.24) is 14.5 Å². The van der Waals surface area contributed by atoms with Crippen molar-refractivity contribution in [3.63, 3.8) is 0 Å². The van der Waals surface area contributed by atoms with E-state index in [-0.39, 0.29) is 13.2 Å². The highest BCUT2D eigenvalue weighted by Crippen LogP contribution is 2.19. The monoisotopic (exact) mass is 277 g/mol. The first-order chi connectivity index (χ1) is 9.69. The number of fused-ring (bicyclic) bond motifs is 1. The minimum absolute atomic E-state index is 0.0957. The fraction of sp³-hybridized carbons (Fsp3) is 0.533. The Hall–Kier alpha value is -1.43. The molecule has 1 aromatic carbocycles. The Labute approximate surface area is 119 Å². The number of hydrogen-bond acceptors (Lipinski definition) is 4. The number of benzene rings is 1. The van der Waals surface area contributed by atoms with E-state index in [1.54, 1.807) is 0 Å². The molecule has 0 bridgehead atoms. The smallest absolute Gasteiger partial charge is 0.124 e. The molecule has 20 heavy (non-hydrogen) atoms. The number of aromatic nitrogens is 2. The number of hydrogen-bond donors (Lipinski definition) is 2. The lowest BCUT2D eigenvalue weighted by Crippen LogP contribution is -2.28. The van der Waals surface area contributed by atoms with Gasteiger partial charge in [0.05, 0.1) is 30.8 Å². The van der Waals surface area contributed by atoms with Crippen LogP contribution in [-0.4, -0.2) is 51.0 Å². The van der Waals surface area contributed by atoms with Gasteiger partial charge in [0.2, 0.25) is 0 Å². The Morgan fingerprint density at radius 1 is 1.25 bits per heavy atom. The number of likely N-dealkylation sites (N-methyl/N-ethyl adjacent to an activating group) is 1. The third-order valence-electron chi connectivity index (χ3n) is 3.53. The van der Waals surface area contributed by atoms with Crippen molar-refractivity contribution in [3.8, 4) is 0 Å². The number of rotatable bonds is 7. The van der Waals surface area contributed by atoms with E-state index in [0.29, 0.717) is 19.6 Å². The molecule has 110 valence electrons. The molecule has 0 spiro atoms. The molecule has 5 nitrogen and oxygen atoms in total. The third kappa shape index (κ3) is 3.17. The van der Waals surface area contributed by atoms with Crippen molar-refractivity contribution in [2.45, 2.75) is 26.9 Å². The van der Waals surface area contributed by atoms with Crippen LogP contribution >= 0.6 is 0 Å². The van der Waals surface area contributed by atoms with Gasteiger partial charge >= 0.3 is 0 Å². The van der Waals surface area contributed by atoms with Crippen LogP contribution in [0, 0.1) is 6.92 Å². The lowest BCUT2D eigenvalue weighted by Gasteiger charge is -2.19. The summed E-state index contributed by atoms with van der Waals surface area (Å²) in [5.41, 5.74) is 3.20. The van der Waals surface area contributed by atoms with Crippen LogP contribution in [0.4, 0.5) is 0 Å². The first-order valence-corrected chi connectivity index (χ1v) is 7.09. The minimum Gasteiger partial charge on any atom is -0.395 e. The molecule has 0 saturated heterocycles. The maximum Gasteiger partial charge on any atom is 0.124 e. The minimum atomic E-state index is 0.0957. The molecule has 2 rings (SSSR count). The lowest BCUT2D eigenvalue weighted by molar-refractivity contribution is 0.191. The van der Waals surface area contributed by atoms with Gasteiger partial charge in [0.15, 0.2) is 0 Å². The van der Waals surface area contributed by atoms with Crippen LogP contribution in [0.2, 0.25) is 0 Å². The van der Waals surface area contributed by atoms with Crippen LogP contribution in [0.5, 0.6) is 0 Å². The van der Waals surface area contributed by atoms with Crippen LogP contribution < -0.4 is 0 Å². The average Bonchev–Trinajstić information content (AvgIpc) is 2.76. The van der Waals surface area contributed by atoms with Crippen molar-refractivity contribution in [2.75, 3.05) is 26.3 Å². The van der Waals surface area contributed by atoms with Crippen molar-refractivity contribution in [3.05, 3.63) is 29.6 Å². The zero-order valence-corrected chi connectivity index (χ0v) is 12.2. The molecule has 5 heteroatoms. The summed E-state index contributed by atoms with van der Waals surface area (Å²) in [7, 11) is 0. The van der Waals surface area contributed by atoms with Crippen LogP contribution in [0.1, 0.15) is 18.3 Å². The van der Waals surface area contributed by atoms with Crippen LogP contribution in [0.25, 0.3) is 11.0 Å². The molecule has 2 N–H and O–H groups in total. The molecule has 0 fully saturated rings. The summed E-state index contributed by atoms with van der Waals surface area (Å²) in [6, 6.07) is 6.18. The molecular formula is C15H23N3O2. The summed E-state index contributed by atoms with van der Waals surface area (Å²) in [5, 5.41) is 18.4. The molecule has 0 aliphatic rings. The predicted molar refractivity (Wildman–Crippen MR) is 79.6 cm³/mol.